The molecule has 2 rings (SSSR count). The molecule has 2 aromatic rings. The maximum absolute atomic E-state index is 11.5. The lowest BCUT2D eigenvalue weighted by Gasteiger charge is -2.08. The SMILES string of the molecule is COc1cc2c(C(N)=O)c(C)n(C)c2cc1OC. The lowest BCUT2D eigenvalue weighted by molar-refractivity contribution is 0.100. The van der Waals surface area contributed by atoms with Gasteiger partial charge >= 0.3 is 0 Å². The number of aromatic nitrogens is 1. The number of primary amides is 1. The molecule has 0 bridgehead atoms. The Bertz CT molecular complexity index is 629. The number of nitrogens with zero attached hydrogens (tertiary/aromatic N) is 1. The van der Waals surface area contributed by atoms with Gasteiger partial charge in [-0.25, -0.2) is 0 Å². The smallest absolute Gasteiger partial charge is 0.251 e. The van der Waals surface area contributed by atoms with Crippen LogP contribution in [0, 0.1) is 6.92 Å². The minimum absolute atomic E-state index is 0.440. The largest absolute Gasteiger partial charge is 0.493 e. The third-order valence-corrected chi connectivity index (χ3v) is 3.24. The molecule has 1 amide bonds. The van der Waals surface area contributed by atoms with Crippen molar-refractivity contribution in [3.63, 3.8) is 0 Å². The molecule has 1 heterocycles. The number of carbonyl (C=O) groups excluding carboxylic acids is 1. The molecule has 0 aliphatic carbocycles. The van der Waals surface area contributed by atoms with Crippen LogP contribution in [0.5, 0.6) is 11.5 Å². The van der Waals surface area contributed by atoms with Crippen molar-refractivity contribution in [2.24, 2.45) is 12.8 Å². The number of carbonyl (C=O) groups is 1. The molecule has 0 aliphatic heterocycles. The number of rotatable bonds is 3. The van der Waals surface area contributed by atoms with Crippen LogP contribution >= 0.6 is 0 Å². The van der Waals surface area contributed by atoms with Crippen molar-refractivity contribution in [1.82, 2.24) is 4.57 Å². The number of nitrogens with two attached hydrogens (primary N) is 1. The highest BCUT2D eigenvalue weighted by atomic mass is 16.5. The van der Waals surface area contributed by atoms with Gasteiger partial charge in [0.15, 0.2) is 11.5 Å². The zero-order valence-corrected chi connectivity index (χ0v) is 10.9. The number of fused-ring (bicyclic) bond motifs is 1. The normalized spacial score (nSPS) is 10.7. The fraction of sp³-hybridized carbons (Fsp3) is 0.308. The molecule has 0 unspecified atom stereocenters. The van der Waals surface area contributed by atoms with Crippen LogP contribution in [-0.4, -0.2) is 24.7 Å². The van der Waals surface area contributed by atoms with Crippen LogP contribution in [0.25, 0.3) is 10.9 Å². The summed E-state index contributed by atoms with van der Waals surface area (Å²) < 4.78 is 12.4. The first kappa shape index (κ1) is 12.3. The van der Waals surface area contributed by atoms with Gasteiger partial charge in [-0.3, -0.25) is 4.79 Å². The Morgan fingerprint density at radius 2 is 1.78 bits per heavy atom. The van der Waals surface area contributed by atoms with Crippen LogP contribution in [0.2, 0.25) is 0 Å². The molecule has 0 atom stereocenters. The van der Waals surface area contributed by atoms with E-state index < -0.39 is 5.91 Å². The van der Waals surface area contributed by atoms with E-state index in [1.807, 2.05) is 24.6 Å². The average Bonchev–Trinajstić information content (AvgIpc) is 2.60. The minimum Gasteiger partial charge on any atom is -0.493 e. The molecule has 0 fully saturated rings. The van der Waals surface area contributed by atoms with E-state index in [0.717, 1.165) is 16.6 Å². The van der Waals surface area contributed by atoms with Crippen LogP contribution in [0.15, 0.2) is 12.1 Å². The van der Waals surface area contributed by atoms with Gasteiger partial charge in [0.05, 0.1) is 25.3 Å². The molecule has 5 heteroatoms. The van der Waals surface area contributed by atoms with E-state index in [-0.39, 0.29) is 0 Å². The first-order valence-electron chi connectivity index (χ1n) is 5.52. The Labute approximate surface area is 105 Å². The summed E-state index contributed by atoms with van der Waals surface area (Å²) in [6, 6.07) is 3.62. The highest BCUT2D eigenvalue weighted by Crippen LogP contribution is 2.35. The van der Waals surface area contributed by atoms with Crippen molar-refractivity contribution in [2.75, 3.05) is 14.2 Å². The maximum atomic E-state index is 11.5. The van der Waals surface area contributed by atoms with Crippen LogP contribution in [0.3, 0.4) is 0 Å². The Balaban J connectivity index is 2.89. The first-order chi connectivity index (χ1) is 8.51. The predicted molar refractivity (Wildman–Crippen MR) is 69.3 cm³/mol. The number of hydrogen-bond donors (Lipinski definition) is 1. The Morgan fingerprint density at radius 3 is 2.28 bits per heavy atom. The van der Waals surface area contributed by atoms with Crippen molar-refractivity contribution in [1.29, 1.82) is 0 Å². The van der Waals surface area contributed by atoms with Gasteiger partial charge in [-0.15, -0.1) is 0 Å². The quantitative estimate of drug-likeness (QED) is 0.897. The van der Waals surface area contributed by atoms with E-state index in [1.54, 1.807) is 20.3 Å². The summed E-state index contributed by atoms with van der Waals surface area (Å²) in [6.07, 6.45) is 0. The molecular formula is C13H16N2O3. The van der Waals surface area contributed by atoms with E-state index in [9.17, 15) is 4.79 Å². The average molecular weight is 248 g/mol. The fourth-order valence-corrected chi connectivity index (χ4v) is 2.20. The number of benzene rings is 1. The molecule has 1 aromatic heterocycles. The van der Waals surface area contributed by atoms with Gasteiger partial charge in [0, 0.05) is 24.2 Å². The molecule has 96 valence electrons. The van der Waals surface area contributed by atoms with Crippen molar-refractivity contribution in [3.05, 3.63) is 23.4 Å². The zero-order valence-electron chi connectivity index (χ0n) is 10.9. The van der Waals surface area contributed by atoms with E-state index in [2.05, 4.69) is 0 Å². The van der Waals surface area contributed by atoms with Gasteiger partial charge in [-0.1, -0.05) is 0 Å². The van der Waals surface area contributed by atoms with E-state index in [1.165, 1.54) is 0 Å². The summed E-state index contributed by atoms with van der Waals surface area (Å²) in [7, 11) is 5.02. The van der Waals surface area contributed by atoms with Crippen molar-refractivity contribution in [2.45, 2.75) is 6.92 Å². The summed E-state index contributed by atoms with van der Waals surface area (Å²) in [5.41, 5.74) is 7.67. The number of aryl methyl sites for hydroxylation is 1. The summed E-state index contributed by atoms with van der Waals surface area (Å²) in [5, 5.41) is 0.778. The molecule has 0 radical (unpaired) electrons. The maximum Gasteiger partial charge on any atom is 0.251 e. The number of methoxy groups -OCH3 is 2. The lowest BCUT2D eigenvalue weighted by atomic mass is 10.1. The number of ether oxygens (including phenoxy) is 2. The molecule has 5 nitrogen and oxygen atoms in total. The third kappa shape index (κ3) is 1.59. The van der Waals surface area contributed by atoms with Crippen molar-refractivity contribution >= 4 is 16.8 Å². The Kier molecular flexibility index (Phi) is 2.90. The molecule has 0 saturated carbocycles. The standard InChI is InChI=1S/C13H16N2O3/c1-7-12(13(14)16)8-5-10(17-3)11(18-4)6-9(8)15(7)2/h5-6H,1-4H3,(H2,14,16). The van der Waals surface area contributed by atoms with Crippen LogP contribution < -0.4 is 15.2 Å². The molecular weight excluding hydrogens is 232 g/mol. The summed E-state index contributed by atoms with van der Waals surface area (Å²) in [4.78, 5) is 11.5. The summed E-state index contributed by atoms with van der Waals surface area (Å²) in [5.74, 6) is 0.769. The van der Waals surface area contributed by atoms with Gasteiger partial charge in [0.25, 0.3) is 5.91 Å². The van der Waals surface area contributed by atoms with Gasteiger partial charge in [0.2, 0.25) is 0 Å². The number of amides is 1. The van der Waals surface area contributed by atoms with Gasteiger partial charge in [-0.05, 0) is 13.0 Å². The summed E-state index contributed by atoms with van der Waals surface area (Å²) in [6.45, 7) is 1.86. The molecule has 2 N–H and O–H groups in total. The topological polar surface area (TPSA) is 66.5 Å². The first-order valence-corrected chi connectivity index (χ1v) is 5.52. The third-order valence-electron chi connectivity index (χ3n) is 3.24. The van der Waals surface area contributed by atoms with Crippen LogP contribution in [0.4, 0.5) is 0 Å². The van der Waals surface area contributed by atoms with Crippen molar-refractivity contribution < 1.29 is 14.3 Å². The van der Waals surface area contributed by atoms with Gasteiger partial charge < -0.3 is 19.8 Å². The predicted octanol–water partition coefficient (Wildman–Crippen LogP) is 1.60. The van der Waals surface area contributed by atoms with E-state index >= 15 is 0 Å². The van der Waals surface area contributed by atoms with Crippen LogP contribution in [0.1, 0.15) is 16.1 Å². The molecule has 18 heavy (non-hydrogen) atoms. The number of hydrogen-bond acceptors (Lipinski definition) is 3. The highest BCUT2D eigenvalue weighted by molar-refractivity contribution is 6.08. The molecule has 0 saturated heterocycles. The van der Waals surface area contributed by atoms with Gasteiger partial charge in [0.1, 0.15) is 0 Å². The van der Waals surface area contributed by atoms with E-state index in [4.69, 9.17) is 15.2 Å². The van der Waals surface area contributed by atoms with Gasteiger partial charge in [-0.2, -0.15) is 0 Å². The van der Waals surface area contributed by atoms with E-state index in [0.29, 0.717) is 17.1 Å². The molecule has 0 aliphatic rings. The zero-order chi connectivity index (χ0) is 13.4. The second-order valence-corrected chi connectivity index (χ2v) is 4.11. The Morgan fingerprint density at radius 1 is 1.22 bits per heavy atom. The second-order valence-electron chi connectivity index (χ2n) is 4.11. The molecule has 1 aromatic carbocycles. The highest BCUT2D eigenvalue weighted by Gasteiger charge is 2.19. The summed E-state index contributed by atoms with van der Waals surface area (Å²) >= 11 is 0. The minimum atomic E-state index is -0.440. The lowest BCUT2D eigenvalue weighted by Crippen LogP contribution is -2.12. The fourth-order valence-electron chi connectivity index (χ4n) is 2.20. The van der Waals surface area contributed by atoms with Crippen LogP contribution in [-0.2, 0) is 7.05 Å². The second kappa shape index (κ2) is 4.25. The molecule has 0 spiro atoms. The Hall–Kier alpha value is -2.17. The van der Waals surface area contributed by atoms with Crippen molar-refractivity contribution in [3.8, 4) is 11.5 Å². The monoisotopic (exact) mass is 248 g/mol.